The molecule has 5 rings (SSSR count). The maximum Gasteiger partial charge on any atom is 0.163 e. The first kappa shape index (κ1) is 27.7. The monoisotopic (exact) mass is 550 g/mol. The van der Waals surface area contributed by atoms with Gasteiger partial charge in [-0.25, -0.2) is 0 Å². The van der Waals surface area contributed by atoms with Crippen LogP contribution in [-0.2, 0) is 0 Å². The summed E-state index contributed by atoms with van der Waals surface area (Å²) in [4.78, 5) is 19.4. The van der Waals surface area contributed by atoms with Crippen LogP contribution in [0.15, 0.2) is 60.8 Å². The first-order valence-electron chi connectivity index (χ1n) is 12.8. The number of ketones is 1. The fraction of sp³-hybridized carbons (Fsp3) is 0.267. The number of benzene rings is 3. The van der Waals surface area contributed by atoms with Gasteiger partial charge in [-0.3, -0.25) is 9.78 Å². The summed E-state index contributed by atoms with van der Waals surface area (Å²) >= 11 is 12.3. The topological polar surface area (TPSA) is 77.5 Å². The van der Waals surface area contributed by atoms with E-state index in [4.69, 9.17) is 23.2 Å². The van der Waals surface area contributed by atoms with Gasteiger partial charge in [0.15, 0.2) is 11.5 Å². The lowest BCUT2D eigenvalue weighted by atomic mass is 10.00. The molecule has 1 fully saturated rings. The Balaban J connectivity index is 0.00000164. The Labute approximate surface area is 233 Å². The average Bonchev–Trinajstić information content (AvgIpc) is 3.42. The van der Waals surface area contributed by atoms with E-state index >= 15 is 0 Å². The molecule has 0 saturated carbocycles. The molecule has 198 valence electrons. The Morgan fingerprint density at radius 2 is 1.71 bits per heavy atom. The van der Waals surface area contributed by atoms with Crippen LogP contribution >= 0.6 is 23.2 Å². The van der Waals surface area contributed by atoms with Crippen LogP contribution in [0, 0.1) is 0 Å². The Hall–Kier alpha value is -3.32. The molecule has 1 unspecified atom stereocenters. The number of hydrogen-bond acceptors (Lipinski definition) is 6. The van der Waals surface area contributed by atoms with E-state index in [2.05, 4.69) is 32.7 Å². The van der Waals surface area contributed by atoms with Crippen LogP contribution in [0.4, 0.5) is 17.1 Å². The first-order valence-corrected chi connectivity index (χ1v) is 13.5. The molecule has 0 radical (unpaired) electrons. The summed E-state index contributed by atoms with van der Waals surface area (Å²) in [6.07, 6.45) is 2.73. The minimum absolute atomic E-state index is 0.0835. The third-order valence-electron chi connectivity index (χ3n) is 6.70. The van der Waals surface area contributed by atoms with Gasteiger partial charge in [0.05, 0.1) is 26.8 Å². The van der Waals surface area contributed by atoms with Gasteiger partial charge in [0.25, 0.3) is 0 Å². The zero-order valence-corrected chi connectivity index (χ0v) is 23.5. The van der Waals surface area contributed by atoms with Gasteiger partial charge in [-0.05, 0) is 80.1 Å². The summed E-state index contributed by atoms with van der Waals surface area (Å²) in [7, 11) is 2.00. The van der Waals surface area contributed by atoms with E-state index in [1.165, 1.54) is 12.6 Å². The van der Waals surface area contributed by atoms with Crippen molar-refractivity contribution in [2.24, 2.45) is 0 Å². The largest absolute Gasteiger partial charge is 0.505 e. The van der Waals surface area contributed by atoms with Crippen molar-refractivity contribution in [1.82, 2.24) is 10.3 Å². The molecule has 1 saturated heterocycles. The molecule has 3 aromatic carbocycles. The second-order valence-electron chi connectivity index (χ2n) is 9.02. The van der Waals surface area contributed by atoms with Crippen LogP contribution < -0.4 is 15.5 Å². The molecule has 0 aliphatic carbocycles. The number of nitrogens with one attached hydrogen (secondary N) is 2. The molecule has 3 N–H and O–H groups in total. The SMILES string of the molecule is CC.CNC1CCN(c2ccc(Nc3c(C(C)=O)cnc4ccc(-c5cc(Cl)c(O)c(Cl)c5)cc34)cc2)C1. The maximum atomic E-state index is 12.5. The van der Waals surface area contributed by atoms with Crippen molar-refractivity contribution in [3.63, 3.8) is 0 Å². The van der Waals surface area contributed by atoms with Crippen molar-refractivity contribution < 1.29 is 9.90 Å². The number of phenolic OH excluding ortho intramolecular Hbond substituents is 1. The minimum atomic E-state index is -0.149. The predicted molar refractivity (Wildman–Crippen MR) is 160 cm³/mol. The molecular weight excluding hydrogens is 519 g/mol. The molecule has 6 nitrogen and oxygen atoms in total. The zero-order chi connectivity index (χ0) is 27.4. The van der Waals surface area contributed by atoms with E-state index in [9.17, 15) is 9.90 Å². The number of likely N-dealkylation sites (N-methyl/N-ethyl adjacent to an activating group) is 1. The molecule has 1 atom stereocenters. The van der Waals surface area contributed by atoms with E-state index in [1.807, 2.05) is 51.2 Å². The number of halogens is 2. The van der Waals surface area contributed by atoms with Gasteiger partial charge in [-0.15, -0.1) is 0 Å². The fourth-order valence-corrected chi connectivity index (χ4v) is 5.12. The standard InChI is InChI=1S/C28H26Cl2N4O2.C2H6/c1-16(35)23-14-32-26-8-3-17(18-12-24(29)28(36)25(30)13-18)11-22(26)27(23)33-19-4-6-21(7-5-19)34-10-9-20(15-34)31-2;1-2/h3-8,11-14,20,31,36H,9-10,15H2,1-2H3,(H,32,33);1-2H3. The number of carbonyl (C=O) groups excluding carboxylic acids is 1. The van der Waals surface area contributed by atoms with Crippen molar-refractivity contribution >= 4 is 57.0 Å². The van der Waals surface area contributed by atoms with Gasteiger partial charge in [-0.1, -0.05) is 43.1 Å². The van der Waals surface area contributed by atoms with Crippen molar-refractivity contribution in [2.75, 3.05) is 30.4 Å². The summed E-state index contributed by atoms with van der Waals surface area (Å²) in [6.45, 7) is 7.54. The van der Waals surface area contributed by atoms with Crippen LogP contribution in [0.5, 0.6) is 5.75 Å². The highest BCUT2D eigenvalue weighted by molar-refractivity contribution is 6.37. The molecule has 1 aliphatic rings. The zero-order valence-electron chi connectivity index (χ0n) is 22.0. The molecule has 4 aromatic rings. The Kier molecular flexibility index (Phi) is 8.77. The Morgan fingerprint density at radius 3 is 2.32 bits per heavy atom. The van der Waals surface area contributed by atoms with Crippen LogP contribution in [-0.4, -0.2) is 42.1 Å². The highest BCUT2D eigenvalue weighted by Crippen LogP contribution is 2.38. The van der Waals surface area contributed by atoms with E-state index < -0.39 is 0 Å². The molecule has 8 heteroatoms. The van der Waals surface area contributed by atoms with E-state index in [1.54, 1.807) is 18.3 Å². The summed E-state index contributed by atoms with van der Waals surface area (Å²) < 4.78 is 0. The molecule has 0 amide bonds. The number of hydrogen-bond donors (Lipinski definition) is 3. The smallest absolute Gasteiger partial charge is 0.163 e. The van der Waals surface area contributed by atoms with E-state index in [-0.39, 0.29) is 21.6 Å². The number of aromatic nitrogens is 1. The van der Waals surface area contributed by atoms with Crippen LogP contribution in [0.1, 0.15) is 37.6 Å². The fourth-order valence-electron chi connectivity index (χ4n) is 4.64. The number of nitrogens with zero attached hydrogens (tertiary/aromatic N) is 2. The number of carbonyl (C=O) groups is 1. The lowest BCUT2D eigenvalue weighted by Crippen LogP contribution is -2.29. The summed E-state index contributed by atoms with van der Waals surface area (Å²) in [5, 5.41) is 17.9. The number of phenols is 1. The summed E-state index contributed by atoms with van der Waals surface area (Å²) in [6, 6.07) is 17.8. The van der Waals surface area contributed by atoms with E-state index in [0.717, 1.165) is 47.2 Å². The van der Waals surface area contributed by atoms with Crippen molar-refractivity contribution in [1.29, 1.82) is 0 Å². The summed E-state index contributed by atoms with van der Waals surface area (Å²) in [5.74, 6) is -0.232. The number of Topliss-reactive ketones (excluding diaryl/α,β-unsaturated/α-hetero) is 1. The third kappa shape index (κ3) is 5.73. The second-order valence-corrected chi connectivity index (χ2v) is 9.83. The Morgan fingerprint density at radius 1 is 1.03 bits per heavy atom. The van der Waals surface area contributed by atoms with Crippen molar-refractivity contribution in [3.05, 3.63) is 76.4 Å². The van der Waals surface area contributed by atoms with Crippen LogP contribution in [0.2, 0.25) is 10.0 Å². The van der Waals surface area contributed by atoms with Gasteiger partial charge >= 0.3 is 0 Å². The van der Waals surface area contributed by atoms with E-state index in [0.29, 0.717) is 17.3 Å². The minimum Gasteiger partial charge on any atom is -0.505 e. The molecule has 1 aromatic heterocycles. The average molecular weight is 552 g/mol. The quantitative estimate of drug-likeness (QED) is 0.213. The number of rotatable bonds is 6. The molecule has 0 spiro atoms. The molecule has 1 aliphatic heterocycles. The van der Waals surface area contributed by atoms with Crippen molar-refractivity contribution in [3.8, 4) is 16.9 Å². The van der Waals surface area contributed by atoms with Gasteiger partial charge < -0.3 is 20.6 Å². The normalized spacial score (nSPS) is 14.8. The maximum absolute atomic E-state index is 12.5. The first-order chi connectivity index (χ1) is 18.3. The number of fused-ring (bicyclic) bond motifs is 1. The van der Waals surface area contributed by atoms with Gasteiger partial charge in [0.1, 0.15) is 0 Å². The highest BCUT2D eigenvalue weighted by Gasteiger charge is 2.21. The number of anilines is 3. The van der Waals surface area contributed by atoms with Gasteiger partial charge in [0.2, 0.25) is 0 Å². The molecule has 0 bridgehead atoms. The second kappa shape index (κ2) is 12.0. The number of aromatic hydroxyl groups is 1. The number of pyridine rings is 1. The van der Waals surface area contributed by atoms with Crippen molar-refractivity contribution in [2.45, 2.75) is 33.2 Å². The third-order valence-corrected chi connectivity index (χ3v) is 7.27. The lowest BCUT2D eigenvalue weighted by Gasteiger charge is -2.20. The van der Waals surface area contributed by atoms with Gasteiger partial charge in [-0.2, -0.15) is 0 Å². The lowest BCUT2D eigenvalue weighted by molar-refractivity contribution is 0.101. The van der Waals surface area contributed by atoms with Crippen LogP contribution in [0.3, 0.4) is 0 Å². The van der Waals surface area contributed by atoms with Gasteiger partial charge in [0, 0.05) is 42.1 Å². The molecule has 38 heavy (non-hydrogen) atoms. The summed E-state index contributed by atoms with van der Waals surface area (Å²) in [5.41, 5.74) is 5.57. The molecular formula is C30H32Cl2N4O2. The molecule has 2 heterocycles. The van der Waals surface area contributed by atoms with Crippen LogP contribution in [0.25, 0.3) is 22.0 Å². The predicted octanol–water partition coefficient (Wildman–Crippen LogP) is 7.68. The highest BCUT2D eigenvalue weighted by atomic mass is 35.5. The Bertz CT molecular complexity index is 1430.